The van der Waals surface area contributed by atoms with Crippen molar-refractivity contribution >= 4 is 39.3 Å². The first-order valence-corrected chi connectivity index (χ1v) is 13.3. The lowest BCUT2D eigenvalue weighted by Gasteiger charge is -2.32. The van der Waals surface area contributed by atoms with Gasteiger partial charge in [-0.05, 0) is 53.8 Å². The molecule has 3 aromatic carbocycles. The largest absolute Gasteiger partial charge is 0.352 e. The van der Waals surface area contributed by atoms with Crippen LogP contribution in [0.15, 0.2) is 83.3 Å². The zero-order chi connectivity index (χ0) is 24.6. The first kappa shape index (κ1) is 25.5. The van der Waals surface area contributed by atoms with Crippen molar-refractivity contribution in [2.24, 2.45) is 0 Å². The lowest BCUT2D eigenvalue weighted by Crippen LogP contribution is -2.52. The molecular formula is C29H30BrClN2O2. The van der Waals surface area contributed by atoms with Crippen molar-refractivity contribution in [3.8, 4) is 0 Å². The van der Waals surface area contributed by atoms with Gasteiger partial charge >= 0.3 is 0 Å². The standard InChI is InChI=1S/C29H30BrClN2O2/c30-24-15-13-22(14-16-24)20-33(28(34)19-23-9-6-10-25(31)17-23)27(18-21-7-2-1-3-8-21)29(35)32-26-11-4-5-12-26/h1-3,6-10,13-17,26-27H,4-5,11-12,18-20H2,(H,32,35). The summed E-state index contributed by atoms with van der Waals surface area (Å²) in [6.45, 7) is 0.349. The molecule has 4 nitrogen and oxygen atoms in total. The molecular weight excluding hydrogens is 524 g/mol. The molecule has 6 heteroatoms. The third-order valence-corrected chi connectivity index (χ3v) is 7.25. The molecule has 0 radical (unpaired) electrons. The predicted molar refractivity (Wildman–Crippen MR) is 144 cm³/mol. The summed E-state index contributed by atoms with van der Waals surface area (Å²) in [6, 6.07) is 24.7. The molecule has 1 aliphatic rings. The van der Waals surface area contributed by atoms with Crippen LogP contribution in [0.4, 0.5) is 0 Å². The van der Waals surface area contributed by atoms with Crippen LogP contribution in [0.2, 0.25) is 5.02 Å². The molecule has 2 amide bonds. The van der Waals surface area contributed by atoms with Crippen LogP contribution < -0.4 is 5.32 Å². The van der Waals surface area contributed by atoms with Gasteiger partial charge in [0.1, 0.15) is 6.04 Å². The van der Waals surface area contributed by atoms with Crippen LogP contribution in [-0.4, -0.2) is 28.8 Å². The minimum atomic E-state index is -0.617. The molecule has 1 unspecified atom stereocenters. The van der Waals surface area contributed by atoms with Crippen LogP contribution in [0.1, 0.15) is 42.4 Å². The normalized spacial score (nSPS) is 14.5. The minimum Gasteiger partial charge on any atom is -0.352 e. The summed E-state index contributed by atoms with van der Waals surface area (Å²) >= 11 is 9.65. The second kappa shape index (κ2) is 12.4. The summed E-state index contributed by atoms with van der Waals surface area (Å²) in [7, 11) is 0. The first-order chi connectivity index (χ1) is 17.0. The summed E-state index contributed by atoms with van der Waals surface area (Å²) in [5, 5.41) is 3.83. The Hall–Kier alpha value is -2.63. The van der Waals surface area contributed by atoms with Gasteiger partial charge in [0, 0.05) is 28.5 Å². The van der Waals surface area contributed by atoms with Crippen LogP contribution in [0, 0.1) is 0 Å². The summed E-state index contributed by atoms with van der Waals surface area (Å²) in [4.78, 5) is 29.2. The molecule has 1 saturated carbocycles. The Morgan fingerprint density at radius 2 is 1.60 bits per heavy atom. The Morgan fingerprint density at radius 3 is 2.29 bits per heavy atom. The Bertz CT molecular complexity index is 1130. The summed E-state index contributed by atoms with van der Waals surface area (Å²) < 4.78 is 0.970. The van der Waals surface area contributed by atoms with Gasteiger partial charge in [-0.2, -0.15) is 0 Å². The van der Waals surface area contributed by atoms with Gasteiger partial charge in [0.25, 0.3) is 0 Å². The van der Waals surface area contributed by atoms with Gasteiger partial charge in [-0.25, -0.2) is 0 Å². The second-order valence-corrected chi connectivity index (χ2v) is 10.5. The third-order valence-electron chi connectivity index (χ3n) is 6.48. The highest BCUT2D eigenvalue weighted by Gasteiger charge is 2.32. The molecule has 1 N–H and O–H groups in total. The van der Waals surface area contributed by atoms with Crippen molar-refractivity contribution in [2.45, 2.75) is 57.2 Å². The van der Waals surface area contributed by atoms with E-state index in [9.17, 15) is 9.59 Å². The van der Waals surface area contributed by atoms with Gasteiger partial charge in [0.15, 0.2) is 0 Å². The van der Waals surface area contributed by atoms with E-state index < -0.39 is 6.04 Å². The molecule has 35 heavy (non-hydrogen) atoms. The molecule has 0 aliphatic heterocycles. The van der Waals surface area contributed by atoms with E-state index in [-0.39, 0.29) is 24.3 Å². The molecule has 1 fully saturated rings. The van der Waals surface area contributed by atoms with Gasteiger partial charge in [0.2, 0.25) is 11.8 Å². The van der Waals surface area contributed by atoms with Crippen LogP contribution >= 0.6 is 27.5 Å². The number of nitrogens with one attached hydrogen (secondary N) is 1. The van der Waals surface area contributed by atoms with Crippen molar-refractivity contribution in [1.29, 1.82) is 0 Å². The van der Waals surface area contributed by atoms with E-state index in [0.29, 0.717) is 18.0 Å². The quantitative estimate of drug-likeness (QED) is 0.336. The number of nitrogens with zero attached hydrogens (tertiary/aromatic N) is 1. The minimum absolute atomic E-state index is 0.0858. The maximum Gasteiger partial charge on any atom is 0.243 e. The van der Waals surface area contributed by atoms with E-state index in [4.69, 9.17) is 11.6 Å². The van der Waals surface area contributed by atoms with Crippen LogP contribution in [-0.2, 0) is 29.0 Å². The molecule has 4 rings (SSSR count). The SMILES string of the molecule is O=C(NC1CCCC1)C(Cc1ccccc1)N(Cc1ccc(Br)cc1)C(=O)Cc1cccc(Cl)c1. The van der Waals surface area contributed by atoms with Crippen molar-refractivity contribution in [1.82, 2.24) is 10.2 Å². The molecule has 0 spiro atoms. The van der Waals surface area contributed by atoms with E-state index in [0.717, 1.165) is 46.8 Å². The Kier molecular flexibility index (Phi) is 9.00. The van der Waals surface area contributed by atoms with Crippen LogP contribution in [0.3, 0.4) is 0 Å². The smallest absolute Gasteiger partial charge is 0.243 e. The number of amides is 2. The van der Waals surface area contributed by atoms with Crippen molar-refractivity contribution in [3.63, 3.8) is 0 Å². The van der Waals surface area contributed by atoms with E-state index in [1.807, 2.05) is 72.8 Å². The second-order valence-electron chi connectivity index (χ2n) is 9.15. The summed E-state index contributed by atoms with van der Waals surface area (Å²) in [5.41, 5.74) is 2.83. The fourth-order valence-electron chi connectivity index (χ4n) is 4.63. The number of carbonyl (C=O) groups excluding carboxylic acids is 2. The maximum absolute atomic E-state index is 13.8. The highest BCUT2D eigenvalue weighted by molar-refractivity contribution is 9.10. The number of carbonyl (C=O) groups is 2. The third kappa shape index (κ3) is 7.42. The van der Waals surface area contributed by atoms with Crippen molar-refractivity contribution in [2.75, 3.05) is 0 Å². The predicted octanol–water partition coefficient (Wildman–Crippen LogP) is 6.34. The van der Waals surface area contributed by atoms with Crippen molar-refractivity contribution < 1.29 is 9.59 Å². The highest BCUT2D eigenvalue weighted by Crippen LogP contribution is 2.21. The fraction of sp³-hybridized carbons (Fsp3) is 0.310. The van der Waals surface area contributed by atoms with Crippen molar-refractivity contribution in [3.05, 3.63) is 105 Å². The number of hydrogen-bond acceptors (Lipinski definition) is 2. The average Bonchev–Trinajstić information content (AvgIpc) is 3.36. The zero-order valence-corrected chi connectivity index (χ0v) is 22.0. The fourth-order valence-corrected chi connectivity index (χ4v) is 5.11. The molecule has 1 aliphatic carbocycles. The van der Waals surface area contributed by atoms with Gasteiger partial charge in [-0.3, -0.25) is 9.59 Å². The Labute approximate surface area is 220 Å². The van der Waals surface area contributed by atoms with Crippen LogP contribution in [0.25, 0.3) is 0 Å². The molecule has 182 valence electrons. The monoisotopic (exact) mass is 552 g/mol. The molecule has 0 aromatic heterocycles. The van der Waals surface area contributed by atoms with E-state index in [1.54, 1.807) is 11.0 Å². The van der Waals surface area contributed by atoms with Gasteiger partial charge < -0.3 is 10.2 Å². The van der Waals surface area contributed by atoms with Gasteiger partial charge in [0.05, 0.1) is 6.42 Å². The highest BCUT2D eigenvalue weighted by atomic mass is 79.9. The average molecular weight is 554 g/mol. The maximum atomic E-state index is 13.8. The van der Waals surface area contributed by atoms with Gasteiger partial charge in [-0.1, -0.05) is 95.0 Å². The number of halogens is 2. The van der Waals surface area contributed by atoms with E-state index in [1.165, 1.54) is 0 Å². The molecule has 0 bridgehead atoms. The molecule has 0 heterocycles. The number of rotatable bonds is 9. The zero-order valence-electron chi connectivity index (χ0n) is 19.6. The number of benzene rings is 3. The summed E-state index contributed by atoms with van der Waals surface area (Å²) in [5.74, 6) is -0.185. The first-order valence-electron chi connectivity index (χ1n) is 12.1. The molecule has 0 saturated heterocycles. The topological polar surface area (TPSA) is 49.4 Å². The van der Waals surface area contributed by atoms with Gasteiger partial charge in [-0.15, -0.1) is 0 Å². The number of hydrogen-bond donors (Lipinski definition) is 1. The Morgan fingerprint density at radius 1 is 0.914 bits per heavy atom. The van der Waals surface area contributed by atoms with Crippen LogP contribution in [0.5, 0.6) is 0 Å². The summed E-state index contributed by atoms with van der Waals surface area (Å²) in [6.07, 6.45) is 4.88. The molecule has 3 aromatic rings. The van der Waals surface area contributed by atoms with E-state index >= 15 is 0 Å². The molecule has 1 atom stereocenters. The van der Waals surface area contributed by atoms with E-state index in [2.05, 4.69) is 21.2 Å². The lowest BCUT2D eigenvalue weighted by atomic mass is 10.0. The Balaban J connectivity index is 1.65. The lowest BCUT2D eigenvalue weighted by molar-refractivity contribution is -0.141.